The van der Waals surface area contributed by atoms with Crippen LogP contribution in [0.4, 0.5) is 11.8 Å². The van der Waals surface area contributed by atoms with E-state index in [2.05, 4.69) is 9.97 Å². The van der Waals surface area contributed by atoms with Crippen molar-refractivity contribution in [1.82, 2.24) is 14.9 Å². The molecule has 1 fully saturated rings. The molecule has 1 aliphatic rings. The zero-order chi connectivity index (χ0) is 22.4. The molecule has 4 rings (SSSR count). The van der Waals surface area contributed by atoms with Crippen LogP contribution in [-0.4, -0.2) is 40.5 Å². The number of carbonyl (C=O) groups is 1. The molecule has 2 aromatic carbocycles. The van der Waals surface area contributed by atoms with Crippen molar-refractivity contribution < 1.29 is 9.53 Å². The Balaban J connectivity index is 0.00000132. The zero-order valence-corrected chi connectivity index (χ0v) is 18.5. The summed E-state index contributed by atoms with van der Waals surface area (Å²) in [4.78, 5) is 22.9. The average molecular weight is 422 g/mol. The molecule has 31 heavy (non-hydrogen) atoms. The van der Waals surface area contributed by atoms with E-state index < -0.39 is 0 Å². The van der Waals surface area contributed by atoms with Crippen molar-refractivity contribution in [2.24, 2.45) is 5.92 Å². The van der Waals surface area contributed by atoms with Crippen LogP contribution in [0.2, 0.25) is 0 Å². The fourth-order valence-corrected chi connectivity index (χ4v) is 3.79. The van der Waals surface area contributed by atoms with Crippen molar-refractivity contribution in [2.45, 2.75) is 33.6 Å². The smallest absolute Gasteiger partial charge is 0.253 e. The maximum Gasteiger partial charge on any atom is 0.253 e. The van der Waals surface area contributed by atoms with E-state index in [-0.39, 0.29) is 11.9 Å². The Kier molecular flexibility index (Phi) is 7.28. The zero-order valence-electron chi connectivity index (χ0n) is 18.5. The van der Waals surface area contributed by atoms with E-state index in [0.717, 1.165) is 37.1 Å². The highest BCUT2D eigenvalue weighted by Gasteiger charge is 2.24. The minimum atomic E-state index is 0.102. The van der Waals surface area contributed by atoms with Crippen LogP contribution in [0.15, 0.2) is 42.5 Å². The van der Waals surface area contributed by atoms with Crippen molar-refractivity contribution in [2.75, 3.05) is 31.2 Å². The van der Waals surface area contributed by atoms with Crippen LogP contribution in [0, 0.1) is 12.8 Å². The van der Waals surface area contributed by atoms with Crippen molar-refractivity contribution in [3.05, 3.63) is 53.6 Å². The van der Waals surface area contributed by atoms with Gasteiger partial charge in [-0.1, -0.05) is 37.6 Å². The van der Waals surface area contributed by atoms with Crippen molar-refractivity contribution in [3.63, 3.8) is 0 Å². The molecule has 7 nitrogen and oxygen atoms in total. The van der Waals surface area contributed by atoms with Gasteiger partial charge >= 0.3 is 0 Å². The molecule has 7 heteroatoms. The summed E-state index contributed by atoms with van der Waals surface area (Å²) < 4.78 is 6.07. The molecule has 2 heterocycles. The van der Waals surface area contributed by atoms with Gasteiger partial charge in [0.1, 0.15) is 11.6 Å². The lowest BCUT2D eigenvalue weighted by Gasteiger charge is -2.32. The van der Waals surface area contributed by atoms with Gasteiger partial charge in [-0.25, -0.2) is 4.98 Å². The topological polar surface area (TPSA) is 107 Å². The SMILES string of the molecule is CC.Cc1cccc(C(=O)N2CCC(COc3cccc4nc(N)nc(N)c34)CC2)c1. The summed E-state index contributed by atoms with van der Waals surface area (Å²) in [6, 6.07) is 13.3. The second-order valence-electron chi connectivity index (χ2n) is 7.53. The summed E-state index contributed by atoms with van der Waals surface area (Å²) in [5.41, 5.74) is 14.2. The number of ether oxygens (including phenoxy) is 1. The Morgan fingerprint density at radius 3 is 2.52 bits per heavy atom. The second kappa shape index (κ2) is 10.1. The molecule has 1 saturated heterocycles. The van der Waals surface area contributed by atoms with E-state index >= 15 is 0 Å². The lowest BCUT2D eigenvalue weighted by Crippen LogP contribution is -2.39. The summed E-state index contributed by atoms with van der Waals surface area (Å²) in [6.07, 6.45) is 1.81. The van der Waals surface area contributed by atoms with Gasteiger partial charge in [-0.05, 0) is 49.9 Å². The predicted octanol–water partition coefficient (Wildman–Crippen LogP) is 4.06. The Bertz CT molecular complexity index is 1050. The van der Waals surface area contributed by atoms with Gasteiger partial charge in [0.25, 0.3) is 5.91 Å². The number of benzene rings is 2. The standard InChI is InChI=1S/C22H25N5O2.C2H6/c1-14-4-2-5-16(12-14)21(28)27-10-8-15(9-11-27)13-29-18-7-3-6-17-19(18)20(23)26-22(24)25-17;1-2/h2-7,12,15H,8-11,13H2,1H3,(H4,23,24,25,26);1-2H3. The third kappa shape index (κ3) is 5.23. The third-order valence-electron chi connectivity index (χ3n) is 5.37. The van der Waals surface area contributed by atoms with E-state index in [1.807, 2.05) is 68.1 Å². The first-order chi connectivity index (χ1) is 15.0. The Hall–Kier alpha value is -3.35. The fraction of sp³-hybridized carbons (Fsp3) is 0.375. The number of piperidine rings is 1. The van der Waals surface area contributed by atoms with Gasteiger partial charge in [-0.2, -0.15) is 4.98 Å². The van der Waals surface area contributed by atoms with Gasteiger partial charge in [0.2, 0.25) is 5.95 Å². The van der Waals surface area contributed by atoms with Crippen molar-refractivity contribution in [1.29, 1.82) is 0 Å². The first kappa shape index (κ1) is 22.3. The predicted molar refractivity (Wildman–Crippen MR) is 125 cm³/mol. The van der Waals surface area contributed by atoms with Crippen LogP contribution in [0.3, 0.4) is 0 Å². The third-order valence-corrected chi connectivity index (χ3v) is 5.37. The van der Waals surface area contributed by atoms with Crippen LogP contribution in [0.1, 0.15) is 42.6 Å². The van der Waals surface area contributed by atoms with E-state index in [1.54, 1.807) is 0 Å². The van der Waals surface area contributed by atoms with Gasteiger partial charge in [0.05, 0.1) is 17.5 Å². The second-order valence-corrected chi connectivity index (χ2v) is 7.53. The number of nitrogens with zero attached hydrogens (tertiary/aromatic N) is 3. The Morgan fingerprint density at radius 1 is 1.10 bits per heavy atom. The number of aromatic nitrogens is 2. The molecule has 0 atom stereocenters. The number of aryl methyl sites for hydroxylation is 1. The number of fused-ring (bicyclic) bond motifs is 1. The molecule has 1 aromatic heterocycles. The monoisotopic (exact) mass is 421 g/mol. The number of amides is 1. The number of rotatable bonds is 4. The van der Waals surface area contributed by atoms with E-state index in [4.69, 9.17) is 16.2 Å². The average Bonchev–Trinajstić information content (AvgIpc) is 2.78. The molecule has 1 amide bonds. The molecule has 4 N–H and O–H groups in total. The summed E-state index contributed by atoms with van der Waals surface area (Å²) in [7, 11) is 0. The Labute approximate surface area is 183 Å². The quantitative estimate of drug-likeness (QED) is 0.658. The van der Waals surface area contributed by atoms with Crippen LogP contribution >= 0.6 is 0 Å². The number of hydrogen-bond donors (Lipinski definition) is 2. The molecular formula is C24H31N5O2. The molecule has 0 radical (unpaired) electrons. The van der Waals surface area contributed by atoms with E-state index in [9.17, 15) is 4.79 Å². The molecule has 1 aliphatic heterocycles. The number of hydrogen-bond acceptors (Lipinski definition) is 6. The largest absolute Gasteiger partial charge is 0.492 e. The highest BCUT2D eigenvalue weighted by molar-refractivity contribution is 5.95. The molecule has 0 bridgehead atoms. The lowest BCUT2D eigenvalue weighted by atomic mass is 9.97. The Morgan fingerprint density at radius 2 is 1.81 bits per heavy atom. The number of nitrogens with two attached hydrogens (primary N) is 2. The minimum absolute atomic E-state index is 0.102. The fourth-order valence-electron chi connectivity index (χ4n) is 3.79. The lowest BCUT2D eigenvalue weighted by molar-refractivity contribution is 0.0661. The number of nitrogen functional groups attached to an aromatic ring is 2. The van der Waals surface area contributed by atoms with Gasteiger partial charge in [-0.15, -0.1) is 0 Å². The maximum absolute atomic E-state index is 12.7. The minimum Gasteiger partial charge on any atom is -0.492 e. The number of likely N-dealkylation sites (tertiary alicyclic amines) is 1. The maximum atomic E-state index is 12.7. The summed E-state index contributed by atoms with van der Waals surface area (Å²) in [5, 5.41) is 0.689. The van der Waals surface area contributed by atoms with E-state index in [1.165, 1.54) is 0 Å². The van der Waals surface area contributed by atoms with Crippen LogP contribution in [-0.2, 0) is 0 Å². The molecule has 0 aliphatic carbocycles. The van der Waals surface area contributed by atoms with Crippen LogP contribution in [0.5, 0.6) is 5.75 Å². The molecular weight excluding hydrogens is 390 g/mol. The first-order valence-electron chi connectivity index (χ1n) is 10.8. The molecule has 0 saturated carbocycles. The van der Waals surface area contributed by atoms with Gasteiger partial charge in [0, 0.05) is 18.7 Å². The molecule has 3 aromatic rings. The molecule has 164 valence electrons. The summed E-state index contributed by atoms with van der Waals surface area (Å²) in [6.45, 7) is 8.03. The highest BCUT2D eigenvalue weighted by atomic mass is 16.5. The van der Waals surface area contributed by atoms with Crippen LogP contribution < -0.4 is 16.2 Å². The van der Waals surface area contributed by atoms with Crippen molar-refractivity contribution >= 4 is 28.6 Å². The van der Waals surface area contributed by atoms with E-state index in [0.29, 0.717) is 35.0 Å². The molecule has 0 unspecified atom stereocenters. The number of carbonyl (C=O) groups excluding carboxylic acids is 1. The van der Waals surface area contributed by atoms with Gasteiger partial charge in [-0.3, -0.25) is 4.79 Å². The van der Waals surface area contributed by atoms with Crippen molar-refractivity contribution in [3.8, 4) is 5.75 Å². The normalized spacial score (nSPS) is 14.1. The first-order valence-corrected chi connectivity index (χ1v) is 10.8. The van der Waals surface area contributed by atoms with Crippen LogP contribution in [0.25, 0.3) is 10.9 Å². The summed E-state index contributed by atoms with van der Waals surface area (Å²) in [5.74, 6) is 1.62. The highest BCUT2D eigenvalue weighted by Crippen LogP contribution is 2.30. The molecule has 0 spiro atoms. The number of anilines is 2. The van der Waals surface area contributed by atoms with Gasteiger partial charge in [0.15, 0.2) is 0 Å². The van der Waals surface area contributed by atoms with Gasteiger partial charge < -0.3 is 21.1 Å². The summed E-state index contributed by atoms with van der Waals surface area (Å²) >= 11 is 0.